The fourth-order valence-corrected chi connectivity index (χ4v) is 4.58. The summed E-state index contributed by atoms with van der Waals surface area (Å²) >= 11 is 0. The maximum Gasteiger partial charge on any atom is 0.225 e. The average Bonchev–Trinajstić information content (AvgIpc) is 2.93. The summed E-state index contributed by atoms with van der Waals surface area (Å²) in [6.07, 6.45) is 7.12. The van der Waals surface area contributed by atoms with Crippen molar-refractivity contribution in [3.63, 3.8) is 0 Å². The van der Waals surface area contributed by atoms with E-state index in [9.17, 15) is 4.79 Å². The van der Waals surface area contributed by atoms with Gasteiger partial charge >= 0.3 is 0 Å². The summed E-state index contributed by atoms with van der Waals surface area (Å²) < 4.78 is 0. The van der Waals surface area contributed by atoms with E-state index in [1.807, 2.05) is 0 Å². The monoisotopic (exact) mass is 250 g/mol. The standard InChI is InChI=1S/C15H26N2O/c1-15(2)6-5-11(8-15)17-14(18)12-9-3-4-10(7-9)13(12)16/h9-13H,3-8,16H2,1-2H3,(H,17,18). The maximum absolute atomic E-state index is 12.4. The highest BCUT2D eigenvalue weighted by Crippen LogP contribution is 2.48. The van der Waals surface area contributed by atoms with E-state index in [0.717, 1.165) is 12.8 Å². The molecule has 3 aliphatic carbocycles. The summed E-state index contributed by atoms with van der Waals surface area (Å²) in [5.41, 5.74) is 6.63. The van der Waals surface area contributed by atoms with Crippen LogP contribution in [-0.2, 0) is 4.79 Å². The third kappa shape index (κ3) is 2.07. The zero-order chi connectivity index (χ0) is 12.9. The van der Waals surface area contributed by atoms with E-state index in [4.69, 9.17) is 5.73 Å². The van der Waals surface area contributed by atoms with Crippen LogP contribution < -0.4 is 11.1 Å². The number of amides is 1. The zero-order valence-electron chi connectivity index (χ0n) is 11.6. The molecule has 18 heavy (non-hydrogen) atoms. The number of nitrogens with one attached hydrogen (secondary N) is 1. The summed E-state index contributed by atoms with van der Waals surface area (Å²) in [6.45, 7) is 4.59. The highest BCUT2D eigenvalue weighted by molar-refractivity contribution is 5.80. The lowest BCUT2D eigenvalue weighted by molar-refractivity contribution is -0.127. The summed E-state index contributed by atoms with van der Waals surface area (Å²) in [7, 11) is 0. The van der Waals surface area contributed by atoms with Crippen LogP contribution >= 0.6 is 0 Å². The summed E-state index contributed by atoms with van der Waals surface area (Å²) in [5.74, 6) is 1.54. The van der Waals surface area contributed by atoms with Gasteiger partial charge < -0.3 is 11.1 Å². The van der Waals surface area contributed by atoms with Crippen molar-refractivity contribution in [1.29, 1.82) is 0 Å². The first kappa shape index (κ1) is 12.5. The van der Waals surface area contributed by atoms with Gasteiger partial charge in [-0.2, -0.15) is 0 Å². The molecule has 0 spiro atoms. The molecule has 3 nitrogen and oxygen atoms in total. The minimum absolute atomic E-state index is 0.104. The van der Waals surface area contributed by atoms with Crippen molar-refractivity contribution in [3.8, 4) is 0 Å². The van der Waals surface area contributed by atoms with Gasteiger partial charge in [0.15, 0.2) is 0 Å². The van der Waals surface area contributed by atoms with E-state index in [1.54, 1.807) is 0 Å². The van der Waals surface area contributed by atoms with Crippen molar-refractivity contribution in [1.82, 2.24) is 5.32 Å². The predicted octanol–water partition coefficient (Wildman–Crippen LogP) is 2.05. The number of carbonyl (C=O) groups excluding carboxylic acids is 1. The molecule has 1 amide bonds. The van der Waals surface area contributed by atoms with Crippen molar-refractivity contribution in [3.05, 3.63) is 0 Å². The molecule has 5 unspecified atom stereocenters. The Bertz CT molecular complexity index is 350. The number of nitrogens with two attached hydrogens (primary N) is 1. The van der Waals surface area contributed by atoms with Crippen molar-refractivity contribution < 1.29 is 4.79 Å². The molecule has 0 aliphatic heterocycles. The zero-order valence-corrected chi connectivity index (χ0v) is 11.6. The van der Waals surface area contributed by atoms with Gasteiger partial charge in [-0.3, -0.25) is 4.79 Å². The van der Waals surface area contributed by atoms with Gasteiger partial charge in [-0.25, -0.2) is 0 Å². The number of rotatable bonds is 2. The molecule has 5 atom stereocenters. The predicted molar refractivity (Wildman–Crippen MR) is 71.9 cm³/mol. The molecule has 0 heterocycles. The van der Waals surface area contributed by atoms with Crippen molar-refractivity contribution in [2.45, 2.75) is 64.5 Å². The topological polar surface area (TPSA) is 55.1 Å². The minimum atomic E-state index is 0.104. The molecule has 0 aromatic carbocycles. The number of hydrogen-bond acceptors (Lipinski definition) is 2. The molecule has 0 aromatic heterocycles. The third-order valence-electron chi connectivity index (χ3n) is 5.60. The Morgan fingerprint density at radius 1 is 1.22 bits per heavy atom. The Morgan fingerprint density at radius 3 is 2.50 bits per heavy atom. The number of hydrogen-bond donors (Lipinski definition) is 2. The van der Waals surface area contributed by atoms with Crippen LogP contribution in [0.2, 0.25) is 0 Å². The Kier molecular flexibility index (Phi) is 2.92. The Labute approximate surface area is 110 Å². The first-order valence-electron chi connectivity index (χ1n) is 7.52. The van der Waals surface area contributed by atoms with Crippen LogP contribution in [0.15, 0.2) is 0 Å². The lowest BCUT2D eigenvalue weighted by atomic mass is 9.84. The van der Waals surface area contributed by atoms with Crippen LogP contribution in [-0.4, -0.2) is 18.0 Å². The van der Waals surface area contributed by atoms with Gasteiger partial charge in [-0.15, -0.1) is 0 Å². The first-order valence-corrected chi connectivity index (χ1v) is 7.52. The van der Waals surface area contributed by atoms with E-state index in [2.05, 4.69) is 19.2 Å². The van der Waals surface area contributed by atoms with Gasteiger partial charge in [0.1, 0.15) is 0 Å². The highest BCUT2D eigenvalue weighted by Gasteiger charge is 2.49. The van der Waals surface area contributed by atoms with Crippen LogP contribution in [0.1, 0.15) is 52.4 Å². The molecule has 2 bridgehead atoms. The summed E-state index contributed by atoms with van der Waals surface area (Å²) in [5, 5.41) is 3.27. The van der Waals surface area contributed by atoms with E-state index in [1.165, 1.54) is 25.7 Å². The number of carbonyl (C=O) groups is 1. The van der Waals surface area contributed by atoms with Gasteiger partial charge in [-0.05, 0) is 55.8 Å². The van der Waals surface area contributed by atoms with Crippen LogP contribution in [0.5, 0.6) is 0 Å². The Balaban J connectivity index is 1.59. The molecule has 3 aliphatic rings. The molecule has 3 heteroatoms. The largest absolute Gasteiger partial charge is 0.353 e. The molecule has 3 N–H and O–H groups in total. The van der Waals surface area contributed by atoms with Crippen LogP contribution in [0.25, 0.3) is 0 Å². The molecule has 3 fully saturated rings. The minimum Gasteiger partial charge on any atom is -0.353 e. The Hall–Kier alpha value is -0.570. The average molecular weight is 250 g/mol. The molecule has 0 radical (unpaired) electrons. The molecular weight excluding hydrogens is 224 g/mol. The molecule has 0 aromatic rings. The van der Waals surface area contributed by atoms with Gasteiger partial charge in [0, 0.05) is 12.1 Å². The van der Waals surface area contributed by atoms with Crippen molar-refractivity contribution in [2.75, 3.05) is 0 Å². The van der Waals surface area contributed by atoms with Crippen molar-refractivity contribution in [2.24, 2.45) is 28.9 Å². The third-order valence-corrected chi connectivity index (χ3v) is 5.60. The second-order valence-corrected chi connectivity index (χ2v) is 7.55. The van der Waals surface area contributed by atoms with Crippen LogP contribution in [0.3, 0.4) is 0 Å². The highest BCUT2D eigenvalue weighted by atomic mass is 16.2. The molecule has 0 saturated heterocycles. The normalized spacial score (nSPS) is 45.4. The summed E-state index contributed by atoms with van der Waals surface area (Å²) in [4.78, 5) is 12.4. The van der Waals surface area contributed by atoms with E-state index >= 15 is 0 Å². The second-order valence-electron chi connectivity index (χ2n) is 7.55. The fraction of sp³-hybridized carbons (Fsp3) is 0.933. The first-order chi connectivity index (χ1) is 8.46. The lowest BCUT2D eigenvalue weighted by Crippen LogP contribution is -2.47. The van der Waals surface area contributed by atoms with Gasteiger partial charge in [0.05, 0.1) is 5.92 Å². The smallest absolute Gasteiger partial charge is 0.225 e. The molecule has 102 valence electrons. The molecule has 3 saturated carbocycles. The number of fused-ring (bicyclic) bond motifs is 2. The van der Waals surface area contributed by atoms with E-state index in [0.29, 0.717) is 23.3 Å². The lowest BCUT2D eigenvalue weighted by Gasteiger charge is -2.28. The fourth-order valence-electron chi connectivity index (χ4n) is 4.58. The SMILES string of the molecule is CC1(C)CCC(NC(=O)C2C3CCC(C3)C2N)C1. The van der Waals surface area contributed by atoms with Crippen LogP contribution in [0, 0.1) is 23.2 Å². The van der Waals surface area contributed by atoms with E-state index < -0.39 is 0 Å². The van der Waals surface area contributed by atoms with Crippen LogP contribution in [0.4, 0.5) is 0 Å². The maximum atomic E-state index is 12.4. The van der Waals surface area contributed by atoms with Crippen molar-refractivity contribution >= 4 is 5.91 Å². The summed E-state index contributed by atoms with van der Waals surface area (Å²) in [6, 6.07) is 0.511. The second kappa shape index (κ2) is 4.22. The van der Waals surface area contributed by atoms with E-state index in [-0.39, 0.29) is 17.9 Å². The van der Waals surface area contributed by atoms with Gasteiger partial charge in [0.25, 0.3) is 0 Å². The Morgan fingerprint density at radius 2 is 1.94 bits per heavy atom. The molecule has 3 rings (SSSR count). The van der Waals surface area contributed by atoms with Gasteiger partial charge in [-0.1, -0.05) is 13.8 Å². The van der Waals surface area contributed by atoms with Gasteiger partial charge in [0.2, 0.25) is 5.91 Å². The molecular formula is C15H26N2O. The quantitative estimate of drug-likeness (QED) is 0.788.